The van der Waals surface area contributed by atoms with Gasteiger partial charge in [-0.2, -0.15) is 0 Å². The van der Waals surface area contributed by atoms with Crippen molar-refractivity contribution < 1.29 is 9.53 Å². The average Bonchev–Trinajstić information content (AvgIpc) is 3.28. The van der Waals surface area contributed by atoms with Crippen LogP contribution in [0.15, 0.2) is 61.2 Å². The summed E-state index contributed by atoms with van der Waals surface area (Å²) in [4.78, 5) is 29.8. The second-order valence-corrected chi connectivity index (χ2v) is 8.18. The molecule has 0 unspecified atom stereocenters. The summed E-state index contributed by atoms with van der Waals surface area (Å²) < 4.78 is 7.00. The maximum atomic E-state index is 13.0. The molecule has 5 rings (SSSR count). The summed E-state index contributed by atoms with van der Waals surface area (Å²) in [5.41, 5.74) is 4.01. The van der Waals surface area contributed by atoms with Gasteiger partial charge in [-0.25, -0.2) is 15.0 Å². The summed E-state index contributed by atoms with van der Waals surface area (Å²) in [5, 5.41) is 1.31. The van der Waals surface area contributed by atoms with Crippen molar-refractivity contribution in [1.82, 2.24) is 24.4 Å². The molecule has 0 N–H and O–H groups in total. The first-order chi connectivity index (χ1) is 16.1. The second-order valence-electron chi connectivity index (χ2n) is 7.82. The van der Waals surface area contributed by atoms with E-state index in [0.29, 0.717) is 24.3 Å². The number of hydrogen-bond donors (Lipinski definition) is 0. The number of methoxy groups -OCH3 is 1. The molecule has 0 aliphatic carbocycles. The van der Waals surface area contributed by atoms with Crippen molar-refractivity contribution in [2.75, 3.05) is 38.2 Å². The van der Waals surface area contributed by atoms with Crippen molar-refractivity contribution in [3.05, 3.63) is 66.3 Å². The average molecular weight is 463 g/mol. The largest absolute Gasteiger partial charge is 0.467 e. The highest BCUT2D eigenvalue weighted by molar-refractivity contribution is 6.34. The molecule has 1 fully saturated rings. The van der Waals surface area contributed by atoms with Crippen molar-refractivity contribution in [2.45, 2.75) is 6.54 Å². The lowest BCUT2D eigenvalue weighted by Crippen LogP contribution is -2.49. The highest BCUT2D eigenvalue weighted by Gasteiger charge is 2.23. The minimum Gasteiger partial charge on any atom is -0.467 e. The van der Waals surface area contributed by atoms with Gasteiger partial charge in [0.2, 0.25) is 5.91 Å². The van der Waals surface area contributed by atoms with E-state index in [1.165, 1.54) is 0 Å². The van der Waals surface area contributed by atoms with Crippen LogP contribution in [0.3, 0.4) is 0 Å². The second kappa shape index (κ2) is 9.07. The number of amides is 1. The smallest absolute Gasteiger partial charge is 0.316 e. The first-order valence-electron chi connectivity index (χ1n) is 10.7. The van der Waals surface area contributed by atoms with Gasteiger partial charge in [0.25, 0.3) is 0 Å². The zero-order valence-corrected chi connectivity index (χ0v) is 18.9. The van der Waals surface area contributed by atoms with Gasteiger partial charge in [-0.3, -0.25) is 4.79 Å². The normalized spacial score (nSPS) is 14.0. The Morgan fingerprint density at radius 1 is 1.03 bits per heavy atom. The number of piperazine rings is 1. The Hall–Kier alpha value is -3.65. The molecule has 1 saturated heterocycles. The number of hydrogen-bond acceptors (Lipinski definition) is 6. The van der Waals surface area contributed by atoms with Gasteiger partial charge in [-0.05, 0) is 18.2 Å². The molecule has 0 atom stereocenters. The van der Waals surface area contributed by atoms with E-state index in [4.69, 9.17) is 16.3 Å². The van der Waals surface area contributed by atoms with E-state index in [1.807, 2.05) is 39.9 Å². The van der Waals surface area contributed by atoms with E-state index in [0.717, 1.165) is 40.8 Å². The number of benzene rings is 1. The van der Waals surface area contributed by atoms with Crippen LogP contribution in [0, 0.1) is 0 Å². The molecular formula is C24H23ClN6O2. The molecule has 33 heavy (non-hydrogen) atoms. The topological polar surface area (TPSA) is 76.4 Å². The standard InChI is InChI=1S/C24H23ClN6O2/c1-33-24-27-14-17(15-28-24)18-4-2-3-5-20(18)29-10-12-30(13-11-29)22(32)16-31-9-7-19-21(31)6-8-26-23(19)25/h2-9,14-15H,10-13,16H2,1H3. The maximum Gasteiger partial charge on any atom is 0.316 e. The molecule has 0 bridgehead atoms. The van der Waals surface area contributed by atoms with Gasteiger partial charge >= 0.3 is 6.01 Å². The van der Waals surface area contributed by atoms with Crippen LogP contribution in [0.5, 0.6) is 6.01 Å². The maximum absolute atomic E-state index is 13.0. The number of fused-ring (bicyclic) bond motifs is 1. The van der Waals surface area contributed by atoms with Gasteiger partial charge < -0.3 is 19.1 Å². The molecule has 3 aromatic heterocycles. The predicted molar refractivity (Wildman–Crippen MR) is 128 cm³/mol. The van der Waals surface area contributed by atoms with Crippen LogP contribution in [0.2, 0.25) is 5.15 Å². The molecule has 1 aliphatic heterocycles. The third kappa shape index (κ3) is 4.21. The highest BCUT2D eigenvalue weighted by atomic mass is 35.5. The lowest BCUT2D eigenvalue weighted by molar-refractivity contribution is -0.132. The van der Waals surface area contributed by atoms with Gasteiger partial charge in [0, 0.05) is 73.2 Å². The van der Waals surface area contributed by atoms with E-state index >= 15 is 0 Å². The number of rotatable bonds is 5. The Balaban J connectivity index is 1.27. The lowest BCUT2D eigenvalue weighted by Gasteiger charge is -2.37. The number of aromatic nitrogens is 4. The third-order valence-electron chi connectivity index (χ3n) is 5.95. The fourth-order valence-electron chi connectivity index (χ4n) is 4.22. The highest BCUT2D eigenvalue weighted by Crippen LogP contribution is 2.31. The number of nitrogens with zero attached hydrogens (tertiary/aromatic N) is 6. The number of carbonyl (C=O) groups excluding carboxylic acids is 1. The van der Waals surface area contributed by atoms with Crippen LogP contribution in [-0.4, -0.2) is 63.6 Å². The van der Waals surface area contributed by atoms with Crippen LogP contribution in [0.4, 0.5) is 5.69 Å². The molecule has 4 aromatic rings. The van der Waals surface area contributed by atoms with Gasteiger partial charge in [0.15, 0.2) is 0 Å². The van der Waals surface area contributed by atoms with E-state index in [-0.39, 0.29) is 12.5 Å². The van der Waals surface area contributed by atoms with E-state index < -0.39 is 0 Å². The number of ether oxygens (including phenoxy) is 1. The first-order valence-corrected chi connectivity index (χ1v) is 11.1. The fraction of sp³-hybridized carbons (Fsp3) is 0.250. The van der Waals surface area contributed by atoms with Crippen molar-refractivity contribution in [3.8, 4) is 17.1 Å². The fourth-order valence-corrected chi connectivity index (χ4v) is 4.44. The molecule has 1 amide bonds. The zero-order valence-electron chi connectivity index (χ0n) is 18.2. The summed E-state index contributed by atoms with van der Waals surface area (Å²) in [6.07, 6.45) is 7.09. The van der Waals surface area contributed by atoms with Crippen LogP contribution in [-0.2, 0) is 11.3 Å². The van der Waals surface area contributed by atoms with E-state index in [2.05, 4.69) is 32.0 Å². The number of halogens is 1. The molecule has 8 nitrogen and oxygen atoms in total. The summed E-state index contributed by atoms with van der Waals surface area (Å²) in [6, 6.07) is 12.3. The first kappa shape index (κ1) is 21.2. The molecule has 0 spiro atoms. The van der Waals surface area contributed by atoms with Crippen LogP contribution in [0.25, 0.3) is 22.0 Å². The van der Waals surface area contributed by atoms with Gasteiger partial charge in [-0.15, -0.1) is 0 Å². The number of pyridine rings is 1. The molecule has 0 saturated carbocycles. The summed E-state index contributed by atoms with van der Waals surface area (Å²) in [7, 11) is 1.55. The number of carbonyl (C=O) groups is 1. The minimum atomic E-state index is 0.0944. The molecule has 168 valence electrons. The van der Waals surface area contributed by atoms with Gasteiger partial charge in [-0.1, -0.05) is 29.8 Å². The lowest BCUT2D eigenvalue weighted by atomic mass is 10.1. The summed E-state index contributed by atoms with van der Waals surface area (Å²) in [5.74, 6) is 0.0944. The molecule has 4 heterocycles. The van der Waals surface area contributed by atoms with E-state index in [9.17, 15) is 4.79 Å². The molecule has 1 aromatic carbocycles. The van der Waals surface area contributed by atoms with Gasteiger partial charge in [0.05, 0.1) is 12.6 Å². The number of anilines is 1. The SMILES string of the molecule is COc1ncc(-c2ccccc2N2CCN(C(=O)Cn3ccc4c(Cl)nccc43)CC2)cn1. The minimum absolute atomic E-state index is 0.0944. The Kier molecular flexibility index (Phi) is 5.83. The van der Waals surface area contributed by atoms with Crippen LogP contribution < -0.4 is 9.64 Å². The van der Waals surface area contributed by atoms with Crippen LogP contribution in [0.1, 0.15) is 0 Å². The molecule has 0 radical (unpaired) electrons. The Morgan fingerprint density at radius 3 is 2.55 bits per heavy atom. The summed E-state index contributed by atoms with van der Waals surface area (Å²) in [6.45, 7) is 3.11. The predicted octanol–water partition coefficient (Wildman–Crippen LogP) is 3.50. The third-order valence-corrected chi connectivity index (χ3v) is 6.25. The summed E-state index contributed by atoms with van der Waals surface area (Å²) >= 11 is 6.16. The van der Waals surface area contributed by atoms with Crippen molar-refractivity contribution in [3.63, 3.8) is 0 Å². The van der Waals surface area contributed by atoms with Crippen molar-refractivity contribution >= 4 is 34.1 Å². The molecule has 1 aliphatic rings. The Bertz CT molecular complexity index is 1280. The molecule has 9 heteroatoms. The molecular weight excluding hydrogens is 440 g/mol. The number of para-hydroxylation sites is 1. The Morgan fingerprint density at radius 2 is 1.79 bits per heavy atom. The van der Waals surface area contributed by atoms with Crippen molar-refractivity contribution in [1.29, 1.82) is 0 Å². The van der Waals surface area contributed by atoms with Gasteiger partial charge in [0.1, 0.15) is 11.7 Å². The van der Waals surface area contributed by atoms with Crippen molar-refractivity contribution in [2.24, 2.45) is 0 Å². The Labute approximate surface area is 196 Å². The van der Waals surface area contributed by atoms with Crippen LogP contribution >= 0.6 is 11.6 Å². The zero-order chi connectivity index (χ0) is 22.8. The monoisotopic (exact) mass is 462 g/mol. The quantitative estimate of drug-likeness (QED) is 0.422. The van der Waals surface area contributed by atoms with E-state index in [1.54, 1.807) is 25.7 Å².